The average molecular weight is 484 g/mol. The van der Waals surface area contributed by atoms with Gasteiger partial charge in [0.1, 0.15) is 18.0 Å². The molecule has 1 N–H and O–H groups in total. The van der Waals surface area contributed by atoms with E-state index in [0.29, 0.717) is 41.9 Å². The number of carbonyl (C=O) groups is 1. The molecule has 1 aliphatic rings. The van der Waals surface area contributed by atoms with Crippen LogP contribution in [0.15, 0.2) is 66.3 Å². The average Bonchev–Trinajstić information content (AvgIpc) is 2.92. The Labute approximate surface area is 208 Å². The number of benzene rings is 1. The molecule has 176 valence electrons. The van der Waals surface area contributed by atoms with Gasteiger partial charge in [-0.15, -0.1) is 0 Å². The fourth-order valence-electron chi connectivity index (χ4n) is 4.00. The van der Waals surface area contributed by atoms with E-state index in [9.17, 15) is 4.79 Å². The molecule has 0 radical (unpaired) electrons. The van der Waals surface area contributed by atoms with Crippen LogP contribution in [0.4, 0.5) is 11.6 Å². The molecule has 3 aromatic heterocycles. The molecule has 0 bridgehead atoms. The maximum Gasteiger partial charge on any atom is 0.262 e. The number of nitrogens with one attached hydrogen (secondary N) is 1. The number of nitrogens with zero attached hydrogens (tertiary/aromatic N) is 6. The van der Waals surface area contributed by atoms with Gasteiger partial charge in [-0.05, 0) is 41.5 Å². The zero-order valence-corrected chi connectivity index (χ0v) is 20.4. The highest BCUT2D eigenvalue weighted by Crippen LogP contribution is 2.25. The number of fused-ring (bicyclic) bond motifs is 1. The number of thioether (sulfide) groups is 1. The van der Waals surface area contributed by atoms with Crippen LogP contribution in [0, 0.1) is 0 Å². The molecule has 0 aliphatic carbocycles. The van der Waals surface area contributed by atoms with Crippen molar-refractivity contribution in [1.29, 1.82) is 0 Å². The van der Waals surface area contributed by atoms with Crippen molar-refractivity contribution in [3.05, 3.63) is 83.7 Å². The van der Waals surface area contributed by atoms with E-state index in [2.05, 4.69) is 67.5 Å². The molecule has 5 rings (SSSR count). The Balaban J connectivity index is 1.26. The highest BCUT2D eigenvalue weighted by Gasteiger charge is 2.28. The quantitative estimate of drug-likeness (QED) is 0.305. The summed E-state index contributed by atoms with van der Waals surface area (Å²) in [6.45, 7) is 3.23. The number of anilines is 2. The van der Waals surface area contributed by atoms with Crippen LogP contribution < -0.4 is 10.2 Å². The van der Waals surface area contributed by atoms with Gasteiger partial charge in [0.15, 0.2) is 5.16 Å². The van der Waals surface area contributed by atoms with E-state index in [-0.39, 0.29) is 5.91 Å². The second kappa shape index (κ2) is 10.2. The Morgan fingerprint density at radius 3 is 2.69 bits per heavy atom. The minimum atomic E-state index is -0.138. The van der Waals surface area contributed by atoms with Crippen LogP contribution in [0.2, 0.25) is 0 Å². The summed E-state index contributed by atoms with van der Waals surface area (Å²) in [7, 11) is 0. The topological polar surface area (TPSA) is 96.8 Å². The van der Waals surface area contributed by atoms with Crippen LogP contribution in [0.3, 0.4) is 0 Å². The van der Waals surface area contributed by atoms with Gasteiger partial charge in [-0.25, -0.2) is 19.9 Å². The maximum atomic E-state index is 13.1. The largest absolute Gasteiger partial charge is 0.366 e. The first kappa shape index (κ1) is 22.9. The van der Waals surface area contributed by atoms with Crippen molar-refractivity contribution in [2.24, 2.45) is 0 Å². The van der Waals surface area contributed by atoms with Crippen molar-refractivity contribution in [1.82, 2.24) is 24.9 Å². The van der Waals surface area contributed by atoms with Crippen molar-refractivity contribution in [3.63, 3.8) is 0 Å². The molecule has 4 aromatic rings. The summed E-state index contributed by atoms with van der Waals surface area (Å²) in [5.41, 5.74) is 5.86. The van der Waals surface area contributed by atoms with Crippen molar-refractivity contribution in [2.75, 3.05) is 23.0 Å². The van der Waals surface area contributed by atoms with Gasteiger partial charge < -0.3 is 5.32 Å². The number of aromatic nitrogens is 5. The van der Waals surface area contributed by atoms with Gasteiger partial charge in [-0.2, -0.15) is 0 Å². The van der Waals surface area contributed by atoms with Gasteiger partial charge in [-0.1, -0.05) is 43.0 Å². The number of aryl methyl sites for hydroxylation is 1. The lowest BCUT2D eigenvalue weighted by Crippen LogP contribution is -2.39. The first-order valence-electron chi connectivity index (χ1n) is 11.5. The summed E-state index contributed by atoms with van der Waals surface area (Å²) in [6, 6.07) is 14.4. The van der Waals surface area contributed by atoms with E-state index in [1.807, 2.05) is 18.5 Å². The molecule has 0 spiro atoms. The molecule has 1 aromatic carbocycles. The number of carbonyl (C=O) groups excluding carboxylic acids is 1. The molecule has 9 heteroatoms. The zero-order chi connectivity index (χ0) is 24.2. The van der Waals surface area contributed by atoms with Crippen molar-refractivity contribution < 1.29 is 4.79 Å². The molecule has 8 nitrogen and oxygen atoms in total. The van der Waals surface area contributed by atoms with Crippen LogP contribution in [0.25, 0.3) is 11.1 Å². The minimum Gasteiger partial charge on any atom is -0.366 e. The van der Waals surface area contributed by atoms with E-state index in [4.69, 9.17) is 0 Å². The van der Waals surface area contributed by atoms with Crippen LogP contribution in [0.5, 0.6) is 0 Å². The Kier molecular flexibility index (Phi) is 6.67. The molecular weight excluding hydrogens is 458 g/mol. The van der Waals surface area contributed by atoms with E-state index >= 15 is 0 Å². The van der Waals surface area contributed by atoms with Gasteiger partial charge in [0.25, 0.3) is 5.91 Å². The first-order valence-corrected chi connectivity index (χ1v) is 12.7. The fourth-order valence-corrected chi connectivity index (χ4v) is 4.36. The molecule has 0 unspecified atom stereocenters. The third-order valence-corrected chi connectivity index (χ3v) is 6.51. The molecule has 35 heavy (non-hydrogen) atoms. The third-order valence-electron chi connectivity index (χ3n) is 5.94. The number of hydrogen-bond donors (Lipinski definition) is 1. The highest BCUT2D eigenvalue weighted by molar-refractivity contribution is 7.98. The summed E-state index contributed by atoms with van der Waals surface area (Å²) in [5.74, 6) is 1.08. The van der Waals surface area contributed by atoms with Crippen molar-refractivity contribution in [3.8, 4) is 11.1 Å². The van der Waals surface area contributed by atoms with Gasteiger partial charge in [-0.3, -0.25) is 14.7 Å². The van der Waals surface area contributed by atoms with Crippen molar-refractivity contribution >= 4 is 29.3 Å². The standard InChI is InChI=1S/C26H25N7OS/c1-3-20-12-19(8-10-27-20)18-6-4-17(5-7-18)14-28-23-13-24(31-16-30-23)33-11-9-22-21(25(33)34)15-29-26(32-22)35-2/h4-8,10,12-13,15-16H,3,9,11,14H2,1-2H3,(H,28,30,31). The molecular formula is C26H25N7OS. The second-order valence-corrected chi connectivity index (χ2v) is 8.90. The third kappa shape index (κ3) is 5.00. The Bertz CT molecular complexity index is 1360. The molecule has 0 fully saturated rings. The van der Waals surface area contributed by atoms with E-state index in [1.165, 1.54) is 23.7 Å². The van der Waals surface area contributed by atoms with E-state index in [0.717, 1.165) is 28.9 Å². The summed E-state index contributed by atoms with van der Waals surface area (Å²) in [6.07, 6.45) is 8.45. The molecule has 1 aliphatic heterocycles. The number of rotatable bonds is 7. The Morgan fingerprint density at radius 1 is 1.03 bits per heavy atom. The zero-order valence-electron chi connectivity index (χ0n) is 19.6. The SMILES string of the molecule is CCc1cc(-c2ccc(CNc3cc(N4CCc5nc(SC)ncc5C4=O)ncn3)cc2)ccn1. The van der Waals surface area contributed by atoms with E-state index in [1.54, 1.807) is 17.2 Å². The van der Waals surface area contributed by atoms with Crippen LogP contribution >= 0.6 is 11.8 Å². The lowest BCUT2D eigenvalue weighted by Gasteiger charge is -2.27. The predicted octanol–water partition coefficient (Wildman–Crippen LogP) is 4.43. The molecule has 0 saturated carbocycles. The summed E-state index contributed by atoms with van der Waals surface area (Å²) in [5, 5.41) is 4.02. The normalized spacial score (nSPS) is 13.0. The summed E-state index contributed by atoms with van der Waals surface area (Å²) < 4.78 is 0. The monoisotopic (exact) mass is 483 g/mol. The molecule has 0 saturated heterocycles. The molecule has 4 heterocycles. The fraction of sp³-hybridized carbons (Fsp3) is 0.231. The van der Waals surface area contributed by atoms with Crippen LogP contribution in [-0.4, -0.2) is 43.6 Å². The summed E-state index contributed by atoms with van der Waals surface area (Å²) >= 11 is 1.47. The lowest BCUT2D eigenvalue weighted by molar-refractivity contribution is 0.0978. The Hall–Kier alpha value is -3.85. The molecule has 1 amide bonds. The summed E-state index contributed by atoms with van der Waals surface area (Å²) in [4.78, 5) is 36.5. The predicted molar refractivity (Wildman–Crippen MR) is 138 cm³/mol. The van der Waals surface area contributed by atoms with Crippen LogP contribution in [0.1, 0.15) is 34.2 Å². The van der Waals surface area contributed by atoms with E-state index < -0.39 is 0 Å². The maximum absolute atomic E-state index is 13.1. The first-order chi connectivity index (χ1) is 17.1. The van der Waals surface area contributed by atoms with Crippen LogP contribution in [-0.2, 0) is 19.4 Å². The van der Waals surface area contributed by atoms with Gasteiger partial charge in [0.05, 0.1) is 11.3 Å². The highest BCUT2D eigenvalue weighted by atomic mass is 32.2. The number of pyridine rings is 1. The minimum absolute atomic E-state index is 0.138. The van der Waals surface area contributed by atoms with Gasteiger partial charge in [0, 0.05) is 43.7 Å². The number of hydrogen-bond acceptors (Lipinski definition) is 8. The van der Waals surface area contributed by atoms with Gasteiger partial charge in [0.2, 0.25) is 0 Å². The molecule has 0 atom stereocenters. The van der Waals surface area contributed by atoms with Crippen molar-refractivity contribution in [2.45, 2.75) is 31.5 Å². The second-order valence-electron chi connectivity index (χ2n) is 8.13. The smallest absolute Gasteiger partial charge is 0.262 e. The Morgan fingerprint density at radius 2 is 1.89 bits per heavy atom. The van der Waals surface area contributed by atoms with Gasteiger partial charge >= 0.3 is 0 Å². The lowest BCUT2D eigenvalue weighted by atomic mass is 10.0. The number of amides is 1.